The maximum absolute atomic E-state index is 11.6. The van der Waals surface area contributed by atoms with Gasteiger partial charge in [-0.05, 0) is 46.7 Å². The van der Waals surface area contributed by atoms with E-state index in [2.05, 4.69) is 0 Å². The molecule has 0 radical (unpaired) electrons. The average Bonchev–Trinajstić information content (AvgIpc) is 2.53. The molecule has 1 atom stereocenters. The number of hydrogen-bond donors (Lipinski definition) is 1. The second-order valence-electron chi connectivity index (χ2n) is 5.44. The maximum atomic E-state index is 11.6. The molecular weight excluding hydrogens is 347 g/mol. The highest BCUT2D eigenvalue weighted by Gasteiger charge is 2.20. The number of hydrogen-bond acceptors (Lipinski definition) is 2. The maximum Gasteiger partial charge on any atom is 0.345 e. The number of halogens is 2. The number of carboxylic acids is 1. The van der Waals surface area contributed by atoms with Crippen LogP contribution in [0.25, 0.3) is 10.8 Å². The molecule has 0 unspecified atom stereocenters. The third kappa shape index (κ3) is 3.99. The Kier molecular flexibility index (Phi) is 4.93. The van der Waals surface area contributed by atoms with Crippen LogP contribution in [-0.2, 0) is 11.2 Å². The molecule has 3 nitrogen and oxygen atoms in total. The lowest BCUT2D eigenvalue weighted by Gasteiger charge is -2.16. The molecule has 24 heavy (non-hydrogen) atoms. The minimum Gasteiger partial charge on any atom is -0.478 e. The third-order valence-corrected chi connectivity index (χ3v) is 4.05. The van der Waals surface area contributed by atoms with Crippen LogP contribution in [0.5, 0.6) is 5.75 Å². The van der Waals surface area contributed by atoms with Crippen molar-refractivity contribution < 1.29 is 14.6 Å². The summed E-state index contributed by atoms with van der Waals surface area (Å²) < 4.78 is 5.68. The van der Waals surface area contributed by atoms with Gasteiger partial charge < -0.3 is 9.84 Å². The lowest BCUT2D eigenvalue weighted by atomic mass is 10.1. The summed E-state index contributed by atoms with van der Waals surface area (Å²) in [5.41, 5.74) is 0.709. The Bertz CT molecular complexity index is 872. The van der Waals surface area contributed by atoms with Crippen LogP contribution in [0.15, 0.2) is 60.7 Å². The first-order valence-electron chi connectivity index (χ1n) is 7.34. The summed E-state index contributed by atoms with van der Waals surface area (Å²) >= 11 is 11.9. The number of aliphatic carboxylic acids is 1. The van der Waals surface area contributed by atoms with E-state index in [1.165, 1.54) is 0 Å². The van der Waals surface area contributed by atoms with Gasteiger partial charge in [-0.1, -0.05) is 53.5 Å². The van der Waals surface area contributed by atoms with E-state index in [-0.39, 0.29) is 6.42 Å². The predicted molar refractivity (Wildman–Crippen MR) is 96.2 cm³/mol. The summed E-state index contributed by atoms with van der Waals surface area (Å²) in [4.78, 5) is 11.6. The molecule has 0 fully saturated rings. The van der Waals surface area contributed by atoms with Crippen molar-refractivity contribution >= 4 is 39.9 Å². The topological polar surface area (TPSA) is 46.5 Å². The summed E-state index contributed by atoms with van der Waals surface area (Å²) in [5, 5.41) is 12.4. The summed E-state index contributed by atoms with van der Waals surface area (Å²) in [6, 6.07) is 18.3. The number of fused-ring (bicyclic) bond motifs is 1. The summed E-state index contributed by atoms with van der Waals surface area (Å²) in [5.74, 6) is -0.534. The Balaban J connectivity index is 1.83. The van der Waals surface area contributed by atoms with E-state index in [4.69, 9.17) is 27.9 Å². The van der Waals surface area contributed by atoms with Gasteiger partial charge in [0.2, 0.25) is 0 Å². The predicted octanol–water partition coefficient (Wildman–Crippen LogP) is 5.22. The van der Waals surface area contributed by atoms with Crippen LogP contribution in [0.1, 0.15) is 5.56 Å². The molecule has 0 saturated carbocycles. The molecule has 3 aromatic rings. The molecule has 0 heterocycles. The largest absolute Gasteiger partial charge is 0.478 e. The molecule has 0 bridgehead atoms. The SMILES string of the molecule is O=C(O)[C@H](Cc1cc(Cl)cc(Cl)c1)Oc1ccc2ccccc2c1. The zero-order valence-electron chi connectivity index (χ0n) is 12.6. The molecule has 0 aliphatic carbocycles. The molecule has 3 rings (SSSR count). The minimum absolute atomic E-state index is 0.169. The zero-order valence-corrected chi connectivity index (χ0v) is 14.1. The first-order chi connectivity index (χ1) is 11.5. The van der Waals surface area contributed by atoms with Gasteiger partial charge in [-0.25, -0.2) is 4.79 Å². The van der Waals surface area contributed by atoms with Gasteiger partial charge in [0, 0.05) is 16.5 Å². The molecule has 0 aromatic heterocycles. The monoisotopic (exact) mass is 360 g/mol. The zero-order chi connectivity index (χ0) is 17.1. The first kappa shape index (κ1) is 16.6. The Morgan fingerprint density at radius 2 is 1.62 bits per heavy atom. The lowest BCUT2D eigenvalue weighted by molar-refractivity contribution is -0.145. The molecular formula is C19H14Cl2O3. The number of ether oxygens (including phenoxy) is 1. The Labute approximate surface area is 149 Å². The van der Waals surface area contributed by atoms with Crippen LogP contribution >= 0.6 is 23.2 Å². The van der Waals surface area contributed by atoms with Crippen molar-refractivity contribution in [3.8, 4) is 5.75 Å². The number of carbonyl (C=O) groups is 1. The van der Waals surface area contributed by atoms with Gasteiger partial charge in [-0.2, -0.15) is 0 Å². The van der Waals surface area contributed by atoms with E-state index in [1.807, 2.05) is 36.4 Å². The highest BCUT2D eigenvalue weighted by molar-refractivity contribution is 6.34. The summed E-state index contributed by atoms with van der Waals surface area (Å²) in [6.45, 7) is 0. The smallest absolute Gasteiger partial charge is 0.345 e. The van der Waals surface area contributed by atoms with E-state index in [1.54, 1.807) is 24.3 Å². The Morgan fingerprint density at radius 3 is 2.29 bits per heavy atom. The molecule has 3 aromatic carbocycles. The van der Waals surface area contributed by atoms with Crippen molar-refractivity contribution in [2.45, 2.75) is 12.5 Å². The summed E-state index contributed by atoms with van der Waals surface area (Å²) in [6.07, 6.45) is -0.858. The molecule has 0 aliphatic rings. The average molecular weight is 361 g/mol. The fourth-order valence-corrected chi connectivity index (χ4v) is 3.10. The quantitative estimate of drug-likeness (QED) is 0.678. The second kappa shape index (κ2) is 7.12. The highest BCUT2D eigenvalue weighted by Crippen LogP contribution is 2.24. The number of rotatable bonds is 5. The van der Waals surface area contributed by atoms with Crippen LogP contribution in [0, 0.1) is 0 Å². The molecule has 5 heteroatoms. The normalized spacial score (nSPS) is 12.1. The van der Waals surface area contributed by atoms with E-state index >= 15 is 0 Å². The Morgan fingerprint density at radius 1 is 0.958 bits per heavy atom. The third-order valence-electron chi connectivity index (χ3n) is 3.62. The molecule has 0 aliphatic heterocycles. The van der Waals surface area contributed by atoms with Gasteiger partial charge in [0.05, 0.1) is 0 Å². The van der Waals surface area contributed by atoms with E-state index in [0.29, 0.717) is 21.4 Å². The van der Waals surface area contributed by atoms with Gasteiger partial charge in [0.1, 0.15) is 5.75 Å². The molecule has 0 saturated heterocycles. The fourth-order valence-electron chi connectivity index (χ4n) is 2.53. The number of benzene rings is 3. The van der Waals surface area contributed by atoms with Crippen molar-refractivity contribution in [1.82, 2.24) is 0 Å². The van der Waals surface area contributed by atoms with Crippen LogP contribution in [0.3, 0.4) is 0 Å². The van der Waals surface area contributed by atoms with Gasteiger partial charge >= 0.3 is 5.97 Å². The Hall–Kier alpha value is -2.23. The lowest BCUT2D eigenvalue weighted by Crippen LogP contribution is -2.29. The van der Waals surface area contributed by atoms with Crippen molar-refractivity contribution in [3.63, 3.8) is 0 Å². The summed E-state index contributed by atoms with van der Waals surface area (Å²) in [7, 11) is 0. The van der Waals surface area contributed by atoms with Crippen molar-refractivity contribution in [3.05, 3.63) is 76.3 Å². The van der Waals surface area contributed by atoms with Crippen LogP contribution in [0.4, 0.5) is 0 Å². The van der Waals surface area contributed by atoms with Crippen LogP contribution < -0.4 is 4.74 Å². The number of carboxylic acid groups (broad SMARTS) is 1. The molecule has 0 amide bonds. The van der Waals surface area contributed by atoms with Crippen molar-refractivity contribution in [1.29, 1.82) is 0 Å². The minimum atomic E-state index is -1.04. The second-order valence-corrected chi connectivity index (χ2v) is 6.31. The molecule has 1 N–H and O–H groups in total. The van der Waals surface area contributed by atoms with Crippen LogP contribution in [0.2, 0.25) is 10.0 Å². The highest BCUT2D eigenvalue weighted by atomic mass is 35.5. The van der Waals surface area contributed by atoms with Gasteiger partial charge in [-0.15, -0.1) is 0 Å². The molecule has 0 spiro atoms. The van der Waals surface area contributed by atoms with E-state index in [0.717, 1.165) is 10.8 Å². The van der Waals surface area contributed by atoms with Gasteiger partial charge in [-0.3, -0.25) is 0 Å². The fraction of sp³-hybridized carbons (Fsp3) is 0.105. The standard InChI is InChI=1S/C19H14Cl2O3/c20-15-7-12(8-16(21)11-15)9-18(19(22)23)24-17-6-5-13-3-1-2-4-14(13)10-17/h1-8,10-11,18H,9H2,(H,22,23)/t18-/m0/s1. The van der Waals surface area contributed by atoms with E-state index in [9.17, 15) is 9.90 Å². The molecule has 122 valence electrons. The van der Waals surface area contributed by atoms with Gasteiger partial charge in [0.25, 0.3) is 0 Å². The van der Waals surface area contributed by atoms with Crippen LogP contribution in [-0.4, -0.2) is 17.2 Å². The van der Waals surface area contributed by atoms with Crippen molar-refractivity contribution in [2.75, 3.05) is 0 Å². The van der Waals surface area contributed by atoms with Gasteiger partial charge in [0.15, 0.2) is 6.10 Å². The first-order valence-corrected chi connectivity index (χ1v) is 8.10. The van der Waals surface area contributed by atoms with E-state index < -0.39 is 12.1 Å². The van der Waals surface area contributed by atoms with Crippen molar-refractivity contribution in [2.24, 2.45) is 0 Å².